The van der Waals surface area contributed by atoms with Crippen LogP contribution in [0.4, 0.5) is 10.2 Å². The standard InChI is InChI=1S/C20H13Cl2FN6O2S2/c1-28-16(4-5-25-28)20-12-6-11(21)2-3-15(12)29(26-20)17-8-14(23)18(7-13(17)22)33(30,31)27-19-9-32-10-24-19/h2-10,27H,1H3. The number of aromatic nitrogens is 5. The highest BCUT2D eigenvalue weighted by molar-refractivity contribution is 7.92. The molecule has 13 heteroatoms. The van der Waals surface area contributed by atoms with Crippen molar-refractivity contribution in [3.63, 3.8) is 0 Å². The zero-order valence-electron chi connectivity index (χ0n) is 16.7. The monoisotopic (exact) mass is 522 g/mol. The molecule has 0 aliphatic heterocycles. The van der Waals surface area contributed by atoms with Crippen LogP contribution in [0.3, 0.4) is 0 Å². The maximum atomic E-state index is 15.1. The molecule has 3 heterocycles. The van der Waals surface area contributed by atoms with Gasteiger partial charge in [-0.15, -0.1) is 11.3 Å². The van der Waals surface area contributed by atoms with E-state index in [1.807, 2.05) is 0 Å². The summed E-state index contributed by atoms with van der Waals surface area (Å²) in [6, 6.07) is 9.02. The smallest absolute Gasteiger partial charge is 0.266 e. The maximum absolute atomic E-state index is 15.1. The molecule has 0 saturated carbocycles. The lowest BCUT2D eigenvalue weighted by Crippen LogP contribution is -2.15. The molecule has 1 N–H and O–H groups in total. The zero-order valence-corrected chi connectivity index (χ0v) is 19.8. The Morgan fingerprint density at radius 2 is 1.97 bits per heavy atom. The predicted molar refractivity (Wildman–Crippen MR) is 126 cm³/mol. The van der Waals surface area contributed by atoms with Gasteiger partial charge in [0.2, 0.25) is 0 Å². The number of sulfonamides is 1. The summed E-state index contributed by atoms with van der Waals surface area (Å²) in [6.07, 6.45) is 1.63. The van der Waals surface area contributed by atoms with Crippen LogP contribution in [0.1, 0.15) is 0 Å². The molecule has 0 fully saturated rings. The van der Waals surface area contributed by atoms with E-state index in [4.69, 9.17) is 23.2 Å². The normalized spacial score (nSPS) is 11.9. The second-order valence-electron chi connectivity index (χ2n) is 6.98. The summed E-state index contributed by atoms with van der Waals surface area (Å²) in [7, 11) is -2.47. The molecule has 3 aromatic heterocycles. The number of hydrogen-bond acceptors (Lipinski definition) is 6. The van der Waals surface area contributed by atoms with Gasteiger partial charge in [-0.1, -0.05) is 23.2 Å². The van der Waals surface area contributed by atoms with Crippen molar-refractivity contribution in [2.24, 2.45) is 7.05 Å². The molecule has 0 aliphatic carbocycles. The molecule has 5 rings (SSSR count). The van der Waals surface area contributed by atoms with Gasteiger partial charge in [-0.3, -0.25) is 9.40 Å². The van der Waals surface area contributed by atoms with E-state index >= 15 is 4.39 Å². The average Bonchev–Trinajstić information content (AvgIpc) is 3.49. The van der Waals surface area contributed by atoms with E-state index in [0.717, 1.165) is 12.1 Å². The van der Waals surface area contributed by atoms with Crippen LogP contribution in [-0.2, 0) is 17.1 Å². The van der Waals surface area contributed by atoms with Gasteiger partial charge in [0.25, 0.3) is 10.0 Å². The van der Waals surface area contributed by atoms with Crippen LogP contribution in [0, 0.1) is 5.82 Å². The first-order chi connectivity index (χ1) is 15.7. The van der Waals surface area contributed by atoms with Gasteiger partial charge in [0.15, 0.2) is 5.82 Å². The van der Waals surface area contributed by atoms with Crippen LogP contribution in [0.2, 0.25) is 10.0 Å². The zero-order chi connectivity index (χ0) is 23.3. The minimum atomic E-state index is -4.24. The Balaban J connectivity index is 1.67. The topological polar surface area (TPSA) is 94.7 Å². The first-order valence-corrected chi connectivity index (χ1v) is 12.5. The quantitative estimate of drug-likeness (QED) is 0.345. The third-order valence-corrected chi connectivity index (χ3v) is 7.39. The molecule has 0 bridgehead atoms. The summed E-state index contributed by atoms with van der Waals surface area (Å²) in [5, 5.41) is 11.5. The number of fused-ring (bicyclic) bond motifs is 1. The third kappa shape index (κ3) is 3.86. The van der Waals surface area contributed by atoms with Gasteiger partial charge in [0.05, 0.1) is 27.4 Å². The van der Waals surface area contributed by atoms with Crippen molar-refractivity contribution in [1.29, 1.82) is 0 Å². The number of hydrogen-bond donors (Lipinski definition) is 1. The van der Waals surface area contributed by atoms with Crippen LogP contribution in [0.5, 0.6) is 0 Å². The molecule has 33 heavy (non-hydrogen) atoms. The first-order valence-electron chi connectivity index (χ1n) is 9.31. The number of thiazole rings is 1. The van der Waals surface area contributed by atoms with Crippen LogP contribution < -0.4 is 4.72 Å². The second kappa shape index (κ2) is 8.10. The van der Waals surface area contributed by atoms with E-state index < -0.39 is 20.7 Å². The van der Waals surface area contributed by atoms with E-state index in [9.17, 15) is 8.42 Å². The van der Waals surface area contributed by atoms with Crippen molar-refractivity contribution >= 4 is 61.3 Å². The van der Waals surface area contributed by atoms with Crippen molar-refractivity contribution in [3.8, 4) is 17.1 Å². The number of rotatable bonds is 5. The van der Waals surface area contributed by atoms with E-state index in [1.165, 1.54) is 26.9 Å². The lowest BCUT2D eigenvalue weighted by molar-refractivity contribution is 0.569. The molecule has 8 nitrogen and oxygen atoms in total. The molecule has 0 amide bonds. The van der Waals surface area contributed by atoms with Gasteiger partial charge in [0.1, 0.15) is 16.4 Å². The van der Waals surface area contributed by atoms with Crippen LogP contribution in [0.15, 0.2) is 58.4 Å². The molecule has 2 aromatic carbocycles. The third-order valence-electron chi connectivity index (χ3n) is 4.90. The van der Waals surface area contributed by atoms with Crippen LogP contribution in [-0.4, -0.2) is 33.0 Å². The Hall–Kier alpha value is -2.99. The lowest BCUT2D eigenvalue weighted by atomic mass is 10.1. The molecule has 0 saturated heterocycles. The van der Waals surface area contributed by atoms with Crippen molar-refractivity contribution in [2.75, 3.05) is 4.72 Å². The van der Waals surface area contributed by atoms with Gasteiger partial charge in [-0.2, -0.15) is 10.2 Å². The maximum Gasteiger partial charge on any atom is 0.266 e. The van der Waals surface area contributed by atoms with Gasteiger partial charge in [-0.25, -0.2) is 22.5 Å². The summed E-state index contributed by atoms with van der Waals surface area (Å²) in [4.78, 5) is 3.26. The Labute approximate surface area is 201 Å². The number of halogens is 3. The van der Waals surface area contributed by atoms with Gasteiger partial charge >= 0.3 is 0 Å². The summed E-state index contributed by atoms with van der Waals surface area (Å²) in [6.45, 7) is 0. The van der Waals surface area contributed by atoms with E-state index in [-0.39, 0.29) is 16.5 Å². The summed E-state index contributed by atoms with van der Waals surface area (Å²) < 4.78 is 45.8. The van der Waals surface area contributed by atoms with E-state index in [0.29, 0.717) is 27.3 Å². The largest absolute Gasteiger partial charge is 0.266 e. The van der Waals surface area contributed by atoms with Crippen molar-refractivity contribution in [1.82, 2.24) is 24.5 Å². The molecular formula is C20H13Cl2FN6O2S2. The number of nitrogens with one attached hydrogen (secondary N) is 1. The Morgan fingerprint density at radius 1 is 1.15 bits per heavy atom. The summed E-state index contributed by atoms with van der Waals surface area (Å²) in [5.41, 5.74) is 3.50. The van der Waals surface area contributed by atoms with Crippen molar-refractivity contribution < 1.29 is 12.8 Å². The Kier molecular flexibility index (Phi) is 5.36. The summed E-state index contributed by atoms with van der Waals surface area (Å²) >= 11 is 13.9. The Bertz CT molecular complexity index is 1610. The highest BCUT2D eigenvalue weighted by Gasteiger charge is 2.24. The van der Waals surface area contributed by atoms with E-state index in [2.05, 4.69) is 19.9 Å². The molecule has 0 atom stereocenters. The van der Waals surface area contributed by atoms with E-state index in [1.54, 1.807) is 42.2 Å². The SMILES string of the molecule is Cn1nccc1-c1nn(-c2cc(F)c(S(=O)(=O)Nc3cscn3)cc2Cl)c2ccc(Cl)cc12. The van der Waals surface area contributed by atoms with Gasteiger partial charge < -0.3 is 0 Å². The molecule has 0 aliphatic rings. The molecule has 168 valence electrons. The highest BCUT2D eigenvalue weighted by Crippen LogP contribution is 2.35. The number of anilines is 1. The number of aryl methyl sites for hydroxylation is 1. The predicted octanol–water partition coefficient (Wildman–Crippen LogP) is 5.13. The minimum Gasteiger partial charge on any atom is -0.266 e. The minimum absolute atomic E-state index is 0.00837. The number of benzene rings is 2. The first kappa shape index (κ1) is 21.8. The van der Waals surface area contributed by atoms with Crippen molar-refractivity contribution in [3.05, 3.63) is 69.3 Å². The molecule has 0 radical (unpaired) electrons. The molecule has 5 aromatic rings. The van der Waals surface area contributed by atoms with Gasteiger partial charge in [-0.05, 0) is 30.3 Å². The average molecular weight is 523 g/mol. The van der Waals surface area contributed by atoms with Crippen LogP contribution >= 0.6 is 34.5 Å². The second-order valence-corrected chi connectivity index (χ2v) is 10.2. The molecular weight excluding hydrogens is 510 g/mol. The highest BCUT2D eigenvalue weighted by atomic mass is 35.5. The van der Waals surface area contributed by atoms with Gasteiger partial charge in [0, 0.05) is 35.1 Å². The lowest BCUT2D eigenvalue weighted by Gasteiger charge is -2.11. The summed E-state index contributed by atoms with van der Waals surface area (Å²) in [5.74, 6) is -0.896. The fraction of sp³-hybridized carbons (Fsp3) is 0.0500. The number of nitrogens with zero attached hydrogens (tertiary/aromatic N) is 5. The fourth-order valence-electron chi connectivity index (χ4n) is 3.41. The van der Waals surface area contributed by atoms with Crippen molar-refractivity contribution in [2.45, 2.75) is 4.90 Å². The Morgan fingerprint density at radius 3 is 2.67 bits per heavy atom. The van der Waals surface area contributed by atoms with Crippen LogP contribution in [0.25, 0.3) is 28.0 Å². The fourth-order valence-corrected chi connectivity index (χ4v) is 5.54. The molecule has 0 unspecified atom stereocenters. The molecule has 0 spiro atoms.